The predicted molar refractivity (Wildman–Crippen MR) is 53.6 cm³/mol. The summed E-state index contributed by atoms with van der Waals surface area (Å²) in [5, 5.41) is 0.984. The van der Waals surface area contributed by atoms with Gasteiger partial charge in [-0.25, -0.2) is 9.98 Å². The van der Waals surface area contributed by atoms with Gasteiger partial charge in [0.1, 0.15) is 5.35 Å². The van der Waals surface area contributed by atoms with E-state index in [1.807, 2.05) is 37.7 Å². The molecule has 0 fully saturated rings. The number of imidazole rings is 1. The summed E-state index contributed by atoms with van der Waals surface area (Å²) in [6.45, 7) is 4.00. The normalized spacial score (nSPS) is 12.8. The van der Waals surface area contributed by atoms with Crippen molar-refractivity contribution in [3.05, 3.63) is 29.4 Å². The first-order valence-electron chi connectivity index (χ1n) is 4.58. The van der Waals surface area contributed by atoms with E-state index in [9.17, 15) is 0 Å². The zero-order valence-electron chi connectivity index (χ0n) is 8.36. The van der Waals surface area contributed by atoms with E-state index in [1.54, 1.807) is 6.33 Å². The Labute approximate surface area is 78.1 Å². The molecule has 13 heavy (non-hydrogen) atoms. The second-order valence-corrected chi connectivity index (χ2v) is 2.52. The highest BCUT2D eigenvalue weighted by atomic mass is 15.1. The third kappa shape index (κ3) is 2.05. The molecular weight excluding hydrogens is 162 g/mol. The third-order valence-electron chi connectivity index (χ3n) is 1.68. The predicted octanol–water partition coefficient (Wildman–Crippen LogP) is 0.764. The minimum Gasteiger partial charge on any atom is -0.318 e. The van der Waals surface area contributed by atoms with Crippen molar-refractivity contribution in [2.24, 2.45) is 12.0 Å². The topological polar surface area (TPSA) is 30.2 Å². The first-order chi connectivity index (χ1) is 6.38. The fourth-order valence-corrected chi connectivity index (χ4v) is 1.11. The van der Waals surface area contributed by atoms with Crippen molar-refractivity contribution in [3.8, 4) is 0 Å². The monoisotopic (exact) mass is 177 g/mol. The maximum atomic E-state index is 4.23. The standard InChI is InChI=1S/C8H9N3.C2H6/c1-11-6-10-7-4-2-3-5-9-8(7)11;1-2/h3-6H,2H2,1H3;1-2H3. The molecule has 1 aromatic rings. The lowest BCUT2D eigenvalue weighted by atomic mass is 10.4. The molecule has 0 N–H and O–H groups in total. The van der Waals surface area contributed by atoms with Gasteiger partial charge in [-0.2, -0.15) is 0 Å². The minimum absolute atomic E-state index is 0.924. The van der Waals surface area contributed by atoms with Gasteiger partial charge in [-0.3, -0.25) is 0 Å². The van der Waals surface area contributed by atoms with Crippen molar-refractivity contribution in [1.82, 2.24) is 9.55 Å². The molecule has 0 radical (unpaired) electrons. The van der Waals surface area contributed by atoms with Gasteiger partial charge in [-0.1, -0.05) is 26.0 Å². The van der Waals surface area contributed by atoms with Crippen LogP contribution in [0.15, 0.2) is 23.6 Å². The lowest BCUT2D eigenvalue weighted by Gasteiger charge is -1.83. The second-order valence-electron chi connectivity index (χ2n) is 2.52. The number of aryl methyl sites for hydroxylation is 1. The summed E-state index contributed by atoms with van der Waals surface area (Å²) >= 11 is 0. The molecule has 0 unspecified atom stereocenters. The van der Waals surface area contributed by atoms with Gasteiger partial charge in [0.15, 0.2) is 5.49 Å². The number of nitrogens with zero attached hydrogens (tertiary/aromatic N) is 3. The molecule has 1 aliphatic rings. The van der Waals surface area contributed by atoms with Gasteiger partial charge in [0.05, 0.1) is 6.33 Å². The smallest absolute Gasteiger partial charge is 0.159 e. The van der Waals surface area contributed by atoms with Crippen LogP contribution in [-0.2, 0) is 7.05 Å². The van der Waals surface area contributed by atoms with Crippen molar-refractivity contribution < 1.29 is 0 Å². The maximum absolute atomic E-state index is 4.23. The van der Waals surface area contributed by atoms with Gasteiger partial charge >= 0.3 is 0 Å². The Morgan fingerprint density at radius 3 is 2.92 bits per heavy atom. The van der Waals surface area contributed by atoms with Gasteiger partial charge in [0.2, 0.25) is 0 Å². The van der Waals surface area contributed by atoms with E-state index < -0.39 is 0 Å². The highest BCUT2D eigenvalue weighted by molar-refractivity contribution is 5.22. The number of aromatic nitrogens is 2. The first kappa shape index (κ1) is 9.71. The van der Waals surface area contributed by atoms with Crippen LogP contribution in [0.3, 0.4) is 0 Å². The van der Waals surface area contributed by atoms with Gasteiger partial charge in [-0.15, -0.1) is 0 Å². The molecule has 1 aromatic heterocycles. The average molecular weight is 177 g/mol. The van der Waals surface area contributed by atoms with Gasteiger partial charge < -0.3 is 4.57 Å². The van der Waals surface area contributed by atoms with Crippen LogP contribution in [0.1, 0.15) is 20.3 Å². The molecule has 3 heteroatoms. The van der Waals surface area contributed by atoms with E-state index in [0.29, 0.717) is 0 Å². The second kappa shape index (κ2) is 4.60. The van der Waals surface area contributed by atoms with E-state index in [2.05, 4.69) is 16.1 Å². The molecule has 0 bridgehead atoms. The summed E-state index contributed by atoms with van der Waals surface area (Å²) < 4.78 is 1.92. The van der Waals surface area contributed by atoms with E-state index in [4.69, 9.17) is 0 Å². The number of fused-ring (bicyclic) bond motifs is 1. The molecule has 0 spiro atoms. The Kier molecular flexibility index (Phi) is 3.43. The van der Waals surface area contributed by atoms with E-state index >= 15 is 0 Å². The highest BCUT2D eigenvalue weighted by Gasteiger charge is 1.93. The van der Waals surface area contributed by atoms with Crippen molar-refractivity contribution >= 4 is 6.08 Å². The molecule has 1 aliphatic heterocycles. The van der Waals surface area contributed by atoms with Crippen molar-refractivity contribution in [3.63, 3.8) is 0 Å². The summed E-state index contributed by atoms with van der Waals surface area (Å²) in [6, 6.07) is 0. The fourth-order valence-electron chi connectivity index (χ4n) is 1.11. The van der Waals surface area contributed by atoms with Gasteiger partial charge in [-0.05, 0) is 6.42 Å². The molecule has 0 aliphatic carbocycles. The molecule has 0 atom stereocenters. The van der Waals surface area contributed by atoms with E-state index in [0.717, 1.165) is 17.3 Å². The van der Waals surface area contributed by atoms with Crippen molar-refractivity contribution in [2.75, 3.05) is 0 Å². The van der Waals surface area contributed by atoms with Gasteiger partial charge in [0.25, 0.3) is 0 Å². The van der Waals surface area contributed by atoms with Crippen LogP contribution < -0.4 is 10.8 Å². The largest absolute Gasteiger partial charge is 0.318 e. The van der Waals surface area contributed by atoms with Crippen LogP contribution in [0, 0.1) is 0 Å². The lowest BCUT2D eigenvalue weighted by Crippen LogP contribution is -2.28. The molecule has 2 heterocycles. The number of hydrogen-bond acceptors (Lipinski definition) is 2. The van der Waals surface area contributed by atoms with E-state index in [-0.39, 0.29) is 0 Å². The van der Waals surface area contributed by atoms with Crippen molar-refractivity contribution in [2.45, 2.75) is 20.3 Å². The number of allylic oxidation sites excluding steroid dienone is 1. The Morgan fingerprint density at radius 1 is 1.38 bits per heavy atom. The maximum Gasteiger partial charge on any atom is 0.159 e. The van der Waals surface area contributed by atoms with Crippen LogP contribution >= 0.6 is 0 Å². The number of hydrogen-bond donors (Lipinski definition) is 0. The SMILES string of the molecule is CC.Cn1cnc2c1=NC=CCC=2. The first-order valence-corrected chi connectivity index (χ1v) is 4.58. The summed E-state index contributed by atoms with van der Waals surface area (Å²) in [6.07, 6.45) is 8.62. The Hall–Kier alpha value is -1.38. The molecule has 70 valence electrons. The van der Waals surface area contributed by atoms with Crippen LogP contribution in [-0.4, -0.2) is 9.55 Å². The minimum atomic E-state index is 0.924. The number of rotatable bonds is 0. The Balaban J connectivity index is 0.000000396. The summed E-state index contributed by atoms with van der Waals surface area (Å²) in [7, 11) is 1.95. The summed E-state index contributed by atoms with van der Waals surface area (Å²) in [5.74, 6) is 0. The molecule has 0 amide bonds. The van der Waals surface area contributed by atoms with Crippen LogP contribution in [0.2, 0.25) is 0 Å². The van der Waals surface area contributed by atoms with Crippen LogP contribution in [0.25, 0.3) is 6.08 Å². The summed E-state index contributed by atoms with van der Waals surface area (Å²) in [4.78, 5) is 8.42. The molecule has 0 aromatic carbocycles. The highest BCUT2D eigenvalue weighted by Crippen LogP contribution is 1.86. The zero-order valence-corrected chi connectivity index (χ0v) is 8.36. The van der Waals surface area contributed by atoms with Crippen LogP contribution in [0.4, 0.5) is 0 Å². The molecule has 2 rings (SSSR count). The average Bonchev–Trinajstić information content (AvgIpc) is 2.44. The summed E-state index contributed by atoms with van der Waals surface area (Å²) in [5.41, 5.74) is 0.943. The molecule has 3 nitrogen and oxygen atoms in total. The zero-order chi connectivity index (χ0) is 9.68. The molecule has 0 saturated heterocycles. The Bertz CT molecular complexity index is 398. The van der Waals surface area contributed by atoms with E-state index in [1.165, 1.54) is 0 Å². The lowest BCUT2D eigenvalue weighted by molar-refractivity contribution is 0.851. The van der Waals surface area contributed by atoms with Crippen molar-refractivity contribution in [1.29, 1.82) is 0 Å². The Morgan fingerprint density at radius 2 is 2.15 bits per heavy atom. The third-order valence-corrected chi connectivity index (χ3v) is 1.68. The van der Waals surface area contributed by atoms with Gasteiger partial charge in [0, 0.05) is 13.2 Å². The molecular formula is C10H15N3. The van der Waals surface area contributed by atoms with Crippen LogP contribution in [0.5, 0.6) is 0 Å². The quantitative estimate of drug-likeness (QED) is 0.575. The fraction of sp³-hybridized carbons (Fsp3) is 0.400. The molecule has 0 saturated carbocycles.